The molecular weight excluding hydrogens is 224 g/mol. The number of carboxylic acids is 1. The average Bonchev–Trinajstić information content (AvgIpc) is 2.24. The Bertz CT molecular complexity index is 260. The summed E-state index contributed by atoms with van der Waals surface area (Å²) in [5.41, 5.74) is -0.840. The topological polar surface area (TPSA) is 83.8 Å². The Morgan fingerprint density at radius 3 is 2.35 bits per heavy atom. The lowest BCUT2D eigenvalue weighted by molar-refractivity contribution is -0.157. The van der Waals surface area contributed by atoms with Gasteiger partial charge < -0.3 is 14.9 Å². The van der Waals surface area contributed by atoms with E-state index in [2.05, 4.69) is 0 Å². The van der Waals surface area contributed by atoms with Crippen LogP contribution in [0.2, 0.25) is 0 Å². The highest BCUT2D eigenvalue weighted by Crippen LogP contribution is 2.29. The van der Waals surface area contributed by atoms with Gasteiger partial charge in [0.1, 0.15) is 6.61 Å². The maximum Gasteiger partial charge on any atom is 0.311 e. The molecule has 0 aromatic heterocycles. The SMILES string of the molecule is CCCC(CC(C)(C)C(=O)OCCO)C(=O)O. The van der Waals surface area contributed by atoms with Crippen molar-refractivity contribution in [1.82, 2.24) is 0 Å². The number of hydrogen-bond acceptors (Lipinski definition) is 4. The maximum absolute atomic E-state index is 11.7. The van der Waals surface area contributed by atoms with E-state index < -0.39 is 23.3 Å². The summed E-state index contributed by atoms with van der Waals surface area (Å²) in [5.74, 6) is -1.87. The van der Waals surface area contributed by atoms with Crippen molar-refractivity contribution in [1.29, 1.82) is 0 Å². The number of esters is 1. The van der Waals surface area contributed by atoms with Crippen molar-refractivity contribution in [3.8, 4) is 0 Å². The van der Waals surface area contributed by atoms with E-state index in [4.69, 9.17) is 14.9 Å². The predicted molar refractivity (Wildman–Crippen MR) is 62.5 cm³/mol. The molecule has 17 heavy (non-hydrogen) atoms. The molecule has 0 fully saturated rings. The minimum absolute atomic E-state index is 0.0478. The molecule has 100 valence electrons. The number of aliphatic carboxylic acids is 1. The van der Waals surface area contributed by atoms with Crippen molar-refractivity contribution in [2.75, 3.05) is 13.2 Å². The van der Waals surface area contributed by atoms with Gasteiger partial charge in [0.05, 0.1) is 17.9 Å². The van der Waals surface area contributed by atoms with Gasteiger partial charge in [0.15, 0.2) is 0 Å². The summed E-state index contributed by atoms with van der Waals surface area (Å²) in [4.78, 5) is 22.7. The summed E-state index contributed by atoms with van der Waals surface area (Å²) in [7, 11) is 0. The van der Waals surface area contributed by atoms with Crippen LogP contribution in [0.25, 0.3) is 0 Å². The first-order chi connectivity index (χ1) is 7.85. The molecule has 0 heterocycles. The molecule has 0 amide bonds. The van der Waals surface area contributed by atoms with E-state index in [1.54, 1.807) is 13.8 Å². The average molecular weight is 246 g/mol. The zero-order valence-corrected chi connectivity index (χ0v) is 10.7. The van der Waals surface area contributed by atoms with Gasteiger partial charge in [0.2, 0.25) is 0 Å². The van der Waals surface area contributed by atoms with Gasteiger partial charge in [-0.25, -0.2) is 0 Å². The molecule has 0 aliphatic carbocycles. The van der Waals surface area contributed by atoms with Crippen LogP contribution in [0.15, 0.2) is 0 Å². The van der Waals surface area contributed by atoms with Crippen molar-refractivity contribution in [3.63, 3.8) is 0 Å². The van der Waals surface area contributed by atoms with Crippen molar-refractivity contribution in [2.45, 2.75) is 40.0 Å². The third-order valence-electron chi connectivity index (χ3n) is 2.62. The molecule has 0 aliphatic rings. The molecule has 0 rings (SSSR count). The van der Waals surface area contributed by atoms with Crippen LogP contribution in [0.4, 0.5) is 0 Å². The molecule has 0 saturated carbocycles. The lowest BCUT2D eigenvalue weighted by Gasteiger charge is -2.25. The summed E-state index contributed by atoms with van der Waals surface area (Å²) in [5, 5.41) is 17.6. The zero-order chi connectivity index (χ0) is 13.5. The number of hydrogen-bond donors (Lipinski definition) is 2. The molecule has 2 N–H and O–H groups in total. The van der Waals surface area contributed by atoms with Gasteiger partial charge >= 0.3 is 11.9 Å². The maximum atomic E-state index is 11.7. The molecule has 1 atom stereocenters. The van der Waals surface area contributed by atoms with Crippen LogP contribution in [0.1, 0.15) is 40.0 Å². The number of carbonyl (C=O) groups excluding carboxylic acids is 1. The molecule has 5 heteroatoms. The smallest absolute Gasteiger partial charge is 0.311 e. The summed E-state index contributed by atoms with van der Waals surface area (Å²) >= 11 is 0. The highest BCUT2D eigenvalue weighted by atomic mass is 16.5. The quantitative estimate of drug-likeness (QED) is 0.633. The minimum Gasteiger partial charge on any atom is -0.481 e. The van der Waals surface area contributed by atoms with Crippen LogP contribution < -0.4 is 0 Å². The van der Waals surface area contributed by atoms with Crippen molar-refractivity contribution >= 4 is 11.9 Å². The van der Waals surface area contributed by atoms with Gasteiger partial charge in [0, 0.05) is 0 Å². The van der Waals surface area contributed by atoms with Gasteiger partial charge in [-0.3, -0.25) is 9.59 Å². The van der Waals surface area contributed by atoms with E-state index in [-0.39, 0.29) is 19.6 Å². The Hall–Kier alpha value is -1.10. The summed E-state index contributed by atoms with van der Waals surface area (Å²) in [6, 6.07) is 0. The highest BCUT2D eigenvalue weighted by molar-refractivity contribution is 5.77. The Morgan fingerprint density at radius 1 is 1.35 bits per heavy atom. The molecule has 0 bridgehead atoms. The summed E-state index contributed by atoms with van der Waals surface area (Å²) in [6.45, 7) is 4.97. The Kier molecular flexibility index (Phi) is 6.80. The molecule has 0 saturated heterocycles. The second-order valence-corrected chi connectivity index (χ2v) is 4.77. The van der Waals surface area contributed by atoms with Crippen LogP contribution in [0.5, 0.6) is 0 Å². The molecule has 1 unspecified atom stereocenters. The Balaban J connectivity index is 4.47. The van der Waals surface area contributed by atoms with E-state index in [9.17, 15) is 9.59 Å². The van der Waals surface area contributed by atoms with E-state index in [1.165, 1.54) is 0 Å². The lowest BCUT2D eigenvalue weighted by Crippen LogP contribution is -2.32. The first-order valence-electron chi connectivity index (χ1n) is 5.86. The molecule has 0 spiro atoms. The normalized spacial score (nSPS) is 13.2. The molecular formula is C12H22O5. The number of ether oxygens (including phenoxy) is 1. The molecule has 5 nitrogen and oxygen atoms in total. The van der Waals surface area contributed by atoms with Crippen LogP contribution in [0.3, 0.4) is 0 Å². The number of aliphatic hydroxyl groups excluding tert-OH is 1. The van der Waals surface area contributed by atoms with Gasteiger partial charge in [0.25, 0.3) is 0 Å². The fourth-order valence-electron chi connectivity index (χ4n) is 1.69. The van der Waals surface area contributed by atoms with E-state index in [0.717, 1.165) is 6.42 Å². The van der Waals surface area contributed by atoms with E-state index in [0.29, 0.717) is 6.42 Å². The second-order valence-electron chi connectivity index (χ2n) is 4.77. The second kappa shape index (κ2) is 7.27. The third-order valence-corrected chi connectivity index (χ3v) is 2.62. The molecule has 0 radical (unpaired) electrons. The fourth-order valence-corrected chi connectivity index (χ4v) is 1.69. The van der Waals surface area contributed by atoms with Crippen LogP contribution in [-0.4, -0.2) is 35.4 Å². The fraction of sp³-hybridized carbons (Fsp3) is 0.833. The monoisotopic (exact) mass is 246 g/mol. The number of rotatable bonds is 8. The van der Waals surface area contributed by atoms with Crippen LogP contribution in [0, 0.1) is 11.3 Å². The van der Waals surface area contributed by atoms with Gasteiger partial charge in [-0.2, -0.15) is 0 Å². The van der Waals surface area contributed by atoms with Crippen molar-refractivity contribution in [3.05, 3.63) is 0 Å². The van der Waals surface area contributed by atoms with Crippen LogP contribution in [-0.2, 0) is 14.3 Å². The van der Waals surface area contributed by atoms with E-state index in [1.807, 2.05) is 6.92 Å². The predicted octanol–water partition coefficient (Wildman–Crippen LogP) is 1.44. The standard InChI is InChI=1S/C12H22O5/c1-4-5-9(10(14)15)8-12(2,3)11(16)17-7-6-13/h9,13H,4-8H2,1-3H3,(H,14,15). The number of carboxylic acid groups (broad SMARTS) is 1. The first kappa shape index (κ1) is 15.9. The lowest BCUT2D eigenvalue weighted by atomic mass is 9.81. The summed E-state index contributed by atoms with van der Waals surface area (Å²) < 4.78 is 4.83. The highest BCUT2D eigenvalue weighted by Gasteiger charge is 2.34. The Labute approximate surface area is 102 Å². The zero-order valence-electron chi connectivity index (χ0n) is 10.7. The molecule has 0 aromatic carbocycles. The first-order valence-corrected chi connectivity index (χ1v) is 5.86. The van der Waals surface area contributed by atoms with Crippen molar-refractivity contribution in [2.24, 2.45) is 11.3 Å². The molecule has 0 aliphatic heterocycles. The van der Waals surface area contributed by atoms with Crippen molar-refractivity contribution < 1.29 is 24.5 Å². The van der Waals surface area contributed by atoms with Crippen LogP contribution >= 0.6 is 0 Å². The minimum atomic E-state index is -0.880. The third kappa shape index (κ3) is 5.68. The number of aliphatic hydroxyl groups is 1. The van der Waals surface area contributed by atoms with Gasteiger partial charge in [-0.1, -0.05) is 13.3 Å². The van der Waals surface area contributed by atoms with E-state index >= 15 is 0 Å². The van der Waals surface area contributed by atoms with Gasteiger partial charge in [-0.05, 0) is 26.7 Å². The molecule has 0 aromatic rings. The number of carbonyl (C=O) groups is 2. The van der Waals surface area contributed by atoms with Gasteiger partial charge in [-0.15, -0.1) is 0 Å². The largest absolute Gasteiger partial charge is 0.481 e. The Morgan fingerprint density at radius 2 is 1.94 bits per heavy atom. The summed E-state index contributed by atoms with van der Waals surface area (Å²) in [6.07, 6.45) is 1.56.